The number of nitrogens with one attached hydrogen (secondary N) is 1. The summed E-state index contributed by atoms with van der Waals surface area (Å²) in [7, 11) is 0. The molecular formula is C34H40N8O2. The van der Waals surface area contributed by atoms with Crippen molar-refractivity contribution in [1.29, 1.82) is 0 Å². The van der Waals surface area contributed by atoms with Crippen LogP contribution in [0.2, 0.25) is 0 Å². The van der Waals surface area contributed by atoms with Gasteiger partial charge in [-0.25, -0.2) is 19.3 Å². The Balaban J connectivity index is 1.11. The van der Waals surface area contributed by atoms with E-state index in [1.807, 2.05) is 19.1 Å². The Bertz CT molecular complexity index is 1820. The van der Waals surface area contributed by atoms with Gasteiger partial charge in [-0.1, -0.05) is 12.1 Å². The van der Waals surface area contributed by atoms with E-state index in [-0.39, 0.29) is 17.5 Å². The van der Waals surface area contributed by atoms with Gasteiger partial charge in [0, 0.05) is 54.2 Å². The molecule has 3 unspecified atom stereocenters. The summed E-state index contributed by atoms with van der Waals surface area (Å²) in [6, 6.07) is 14.2. The van der Waals surface area contributed by atoms with Crippen molar-refractivity contribution in [3.05, 3.63) is 76.9 Å². The molecule has 10 heteroatoms. The summed E-state index contributed by atoms with van der Waals surface area (Å²) in [5, 5.41) is 15.4. The number of piperazine rings is 1. The number of benzene rings is 1. The predicted molar refractivity (Wildman–Crippen MR) is 172 cm³/mol. The van der Waals surface area contributed by atoms with Crippen molar-refractivity contribution in [2.24, 2.45) is 5.41 Å². The van der Waals surface area contributed by atoms with Gasteiger partial charge in [-0.05, 0) is 88.8 Å². The molecule has 1 aromatic carbocycles. The van der Waals surface area contributed by atoms with Crippen molar-refractivity contribution >= 4 is 28.4 Å². The second kappa shape index (κ2) is 9.74. The highest BCUT2D eigenvalue weighted by atomic mass is 16.3. The SMILES string of the molecule is C=CCn1c(=O)c2cnc(Nc3ccc(N4CC5CC(C4)N5C(C)C)cc3)nc2n1-c1ccc2c(n1)C(C)(O)C1(CC2)CC1. The Morgan fingerprint density at radius 1 is 1.09 bits per heavy atom. The monoisotopic (exact) mass is 592 g/mol. The normalized spacial score (nSPS) is 25.2. The summed E-state index contributed by atoms with van der Waals surface area (Å²) in [6.45, 7) is 12.8. The van der Waals surface area contributed by atoms with E-state index in [4.69, 9.17) is 9.97 Å². The van der Waals surface area contributed by atoms with Crippen molar-refractivity contribution in [2.75, 3.05) is 23.3 Å². The van der Waals surface area contributed by atoms with Crippen LogP contribution in [0.1, 0.15) is 57.7 Å². The molecule has 9 rings (SSSR count). The lowest BCUT2D eigenvalue weighted by Crippen LogP contribution is -2.70. The minimum atomic E-state index is -1.01. The van der Waals surface area contributed by atoms with Gasteiger partial charge in [0.25, 0.3) is 5.56 Å². The Morgan fingerprint density at radius 2 is 1.84 bits per heavy atom. The third kappa shape index (κ3) is 4.07. The molecule has 4 fully saturated rings. The van der Waals surface area contributed by atoms with E-state index in [0.717, 1.165) is 50.0 Å². The number of anilines is 3. The van der Waals surface area contributed by atoms with E-state index in [9.17, 15) is 9.90 Å². The zero-order chi connectivity index (χ0) is 30.4. The van der Waals surface area contributed by atoms with Crippen molar-refractivity contribution in [3.8, 4) is 5.82 Å². The van der Waals surface area contributed by atoms with Crippen molar-refractivity contribution in [1.82, 2.24) is 29.2 Å². The molecule has 0 radical (unpaired) electrons. The fourth-order valence-corrected chi connectivity index (χ4v) is 8.16. The average Bonchev–Trinajstić information content (AvgIpc) is 3.76. The van der Waals surface area contributed by atoms with Crippen LogP contribution >= 0.6 is 0 Å². The van der Waals surface area contributed by atoms with E-state index in [1.54, 1.807) is 21.6 Å². The first-order valence-electron chi connectivity index (χ1n) is 15.9. The van der Waals surface area contributed by atoms with Crippen LogP contribution in [0, 0.1) is 5.41 Å². The highest BCUT2D eigenvalue weighted by Gasteiger charge is 2.59. The quantitative estimate of drug-likeness (QED) is 0.302. The number of aliphatic hydroxyl groups is 1. The molecule has 10 nitrogen and oxygen atoms in total. The number of hydrogen-bond donors (Lipinski definition) is 2. The Labute approximate surface area is 257 Å². The number of aryl methyl sites for hydroxylation is 1. The number of allylic oxidation sites excluding steroid dienone is 1. The molecule has 0 amide bonds. The summed E-state index contributed by atoms with van der Waals surface area (Å²) in [4.78, 5) is 32.9. The Kier molecular flexibility index (Phi) is 6.09. The minimum absolute atomic E-state index is 0.0945. The molecule has 44 heavy (non-hydrogen) atoms. The zero-order valence-electron chi connectivity index (χ0n) is 25.7. The van der Waals surface area contributed by atoms with Gasteiger partial charge in [0.1, 0.15) is 11.0 Å². The van der Waals surface area contributed by atoms with Crippen LogP contribution in [0.25, 0.3) is 16.9 Å². The molecule has 4 aromatic rings. The molecule has 3 aromatic heterocycles. The summed E-state index contributed by atoms with van der Waals surface area (Å²) in [5.74, 6) is 0.934. The standard InChI is InChI=1S/C34H40N8O2/c1-5-16-40-31(43)27-18-35-32(36-23-7-9-24(10-8-23)39-19-25-17-26(20-39)41(25)21(2)3)38-30(27)42(40)28-11-6-22-12-13-34(14-15-34)33(4,44)29(22)37-28/h5-11,18,21,25-26,44H,1,12-17,19-20H2,2-4H3,(H,35,36,38). The van der Waals surface area contributed by atoms with Crippen molar-refractivity contribution < 1.29 is 5.11 Å². The third-order valence-corrected chi connectivity index (χ3v) is 10.7. The fourth-order valence-electron chi connectivity index (χ4n) is 8.16. The van der Waals surface area contributed by atoms with Crippen LogP contribution in [0.5, 0.6) is 0 Å². The first-order chi connectivity index (χ1) is 21.2. The number of nitrogens with zero attached hydrogens (tertiary/aromatic N) is 7. The second-order valence-electron chi connectivity index (χ2n) is 13.6. The van der Waals surface area contributed by atoms with Gasteiger partial charge in [0.05, 0.1) is 12.2 Å². The average molecular weight is 593 g/mol. The molecule has 2 aliphatic carbocycles. The highest BCUT2D eigenvalue weighted by molar-refractivity contribution is 5.77. The predicted octanol–water partition coefficient (Wildman–Crippen LogP) is 4.51. The molecular weight excluding hydrogens is 552 g/mol. The van der Waals surface area contributed by atoms with Gasteiger partial charge in [0.15, 0.2) is 11.5 Å². The summed E-state index contributed by atoms with van der Waals surface area (Å²) < 4.78 is 3.32. The van der Waals surface area contributed by atoms with Crippen LogP contribution in [-0.4, -0.2) is 65.5 Å². The molecule has 2 bridgehead atoms. The maximum atomic E-state index is 13.5. The number of rotatable bonds is 7. The second-order valence-corrected chi connectivity index (χ2v) is 13.6. The number of hydrogen-bond acceptors (Lipinski definition) is 8. The Hall–Kier alpha value is -4.02. The van der Waals surface area contributed by atoms with Crippen molar-refractivity contribution in [2.45, 2.75) is 83.1 Å². The zero-order valence-corrected chi connectivity index (χ0v) is 25.7. The molecule has 3 atom stereocenters. The van der Waals surface area contributed by atoms with Gasteiger partial charge in [0.2, 0.25) is 5.95 Å². The maximum absolute atomic E-state index is 13.5. The van der Waals surface area contributed by atoms with Gasteiger partial charge >= 0.3 is 0 Å². The van der Waals surface area contributed by atoms with E-state index in [1.165, 1.54) is 12.1 Å². The van der Waals surface area contributed by atoms with Gasteiger partial charge in [-0.15, -0.1) is 6.58 Å². The molecule has 3 aliphatic heterocycles. The maximum Gasteiger partial charge on any atom is 0.278 e. The lowest BCUT2D eigenvalue weighted by Gasteiger charge is -2.58. The van der Waals surface area contributed by atoms with Crippen LogP contribution < -0.4 is 15.8 Å². The van der Waals surface area contributed by atoms with Crippen LogP contribution in [0.15, 0.2) is 60.0 Å². The van der Waals surface area contributed by atoms with Crippen LogP contribution in [-0.2, 0) is 18.6 Å². The molecule has 6 heterocycles. The number of aromatic nitrogens is 5. The topological polar surface area (TPSA) is 104 Å². The molecule has 228 valence electrons. The largest absolute Gasteiger partial charge is 0.383 e. The third-order valence-electron chi connectivity index (χ3n) is 10.7. The first-order valence-corrected chi connectivity index (χ1v) is 15.9. The number of pyridine rings is 1. The van der Waals surface area contributed by atoms with Gasteiger partial charge in [-0.2, -0.15) is 4.98 Å². The molecule has 2 N–H and O–H groups in total. The molecule has 5 aliphatic rings. The van der Waals surface area contributed by atoms with E-state index in [2.05, 4.69) is 64.8 Å². The highest BCUT2D eigenvalue weighted by Crippen LogP contribution is 2.63. The first kappa shape index (κ1) is 27.5. The molecule has 3 saturated heterocycles. The number of fused-ring (bicyclic) bond motifs is 4. The van der Waals surface area contributed by atoms with E-state index < -0.39 is 5.60 Å². The van der Waals surface area contributed by atoms with Gasteiger partial charge < -0.3 is 15.3 Å². The molecule has 1 saturated carbocycles. The summed E-state index contributed by atoms with van der Waals surface area (Å²) >= 11 is 0. The van der Waals surface area contributed by atoms with Crippen molar-refractivity contribution in [3.63, 3.8) is 0 Å². The van der Waals surface area contributed by atoms with Crippen LogP contribution in [0.3, 0.4) is 0 Å². The van der Waals surface area contributed by atoms with Gasteiger partial charge in [-0.3, -0.25) is 9.69 Å². The molecule has 1 spiro atoms. The van der Waals surface area contributed by atoms with E-state index in [0.29, 0.717) is 46.6 Å². The lowest BCUT2D eigenvalue weighted by atomic mass is 9.72. The summed E-state index contributed by atoms with van der Waals surface area (Å²) in [5.41, 5.74) is 2.99. The number of piperidine rings is 1. The summed E-state index contributed by atoms with van der Waals surface area (Å²) in [6.07, 6.45) is 8.46. The Morgan fingerprint density at radius 3 is 2.52 bits per heavy atom. The van der Waals surface area contributed by atoms with E-state index >= 15 is 0 Å². The minimum Gasteiger partial charge on any atom is -0.383 e. The van der Waals surface area contributed by atoms with Crippen LogP contribution in [0.4, 0.5) is 17.3 Å². The lowest BCUT2D eigenvalue weighted by molar-refractivity contribution is -0.0371. The fraction of sp³-hybridized carbons (Fsp3) is 0.471. The smallest absolute Gasteiger partial charge is 0.278 e.